The van der Waals surface area contributed by atoms with Gasteiger partial charge in [-0.2, -0.15) is 5.26 Å². The van der Waals surface area contributed by atoms with Crippen molar-refractivity contribution in [3.05, 3.63) is 41.5 Å². The van der Waals surface area contributed by atoms with Crippen molar-refractivity contribution in [1.82, 2.24) is 0 Å². The van der Waals surface area contributed by atoms with E-state index in [0.29, 0.717) is 0 Å². The molecule has 0 saturated heterocycles. The fourth-order valence-corrected chi connectivity index (χ4v) is 0.868. The third kappa shape index (κ3) is 2.22. The average Bonchev–Trinajstić information content (AvgIpc) is 2.15. The summed E-state index contributed by atoms with van der Waals surface area (Å²) < 4.78 is 0. The number of aliphatic hydroxyl groups excluding tert-OH is 1. The lowest BCUT2D eigenvalue weighted by Crippen LogP contribution is -1.81. The number of allylic oxidation sites excluding steroid dienone is 1. The summed E-state index contributed by atoms with van der Waals surface area (Å²) in [5, 5.41) is 17.0. The fraction of sp³-hybridized carbons (Fsp3) is 0.100. The summed E-state index contributed by atoms with van der Waals surface area (Å²) in [5.41, 5.74) is 1.85. The molecule has 60 valence electrons. The van der Waals surface area contributed by atoms with Crippen LogP contribution in [-0.2, 0) is 6.61 Å². The number of nitrogens with zero attached hydrogens (tertiary/aromatic N) is 1. The van der Waals surface area contributed by atoms with Gasteiger partial charge in [0.15, 0.2) is 0 Å². The Bertz CT molecular complexity index is 306. The number of hydrogen-bond acceptors (Lipinski definition) is 2. The van der Waals surface area contributed by atoms with Crippen LogP contribution in [0.2, 0.25) is 0 Å². The van der Waals surface area contributed by atoms with Gasteiger partial charge in [0.25, 0.3) is 0 Å². The lowest BCUT2D eigenvalue weighted by Gasteiger charge is -1.95. The van der Waals surface area contributed by atoms with Crippen LogP contribution in [-0.4, -0.2) is 5.11 Å². The number of benzene rings is 1. The van der Waals surface area contributed by atoms with Gasteiger partial charge in [0.05, 0.1) is 12.7 Å². The van der Waals surface area contributed by atoms with Crippen molar-refractivity contribution in [2.45, 2.75) is 6.61 Å². The van der Waals surface area contributed by atoms with E-state index in [1.165, 1.54) is 6.08 Å². The Morgan fingerprint density at radius 1 is 1.33 bits per heavy atom. The molecule has 0 heterocycles. The topological polar surface area (TPSA) is 44.0 Å². The van der Waals surface area contributed by atoms with Gasteiger partial charge in [-0.3, -0.25) is 0 Å². The molecule has 0 bridgehead atoms. The second-order valence-corrected chi connectivity index (χ2v) is 2.36. The maximum absolute atomic E-state index is 8.73. The summed E-state index contributed by atoms with van der Waals surface area (Å²) in [6.07, 6.45) is 3.15. The normalized spacial score (nSPS) is 10.0. The predicted octanol–water partition coefficient (Wildman–Crippen LogP) is 1.72. The minimum absolute atomic E-state index is 0.0578. The molecule has 0 aliphatic heterocycles. The lowest BCUT2D eigenvalue weighted by molar-refractivity contribution is 0.282. The van der Waals surface area contributed by atoms with E-state index in [-0.39, 0.29) is 6.61 Å². The smallest absolute Gasteiger partial charge is 0.0912 e. The van der Waals surface area contributed by atoms with E-state index < -0.39 is 0 Å². The highest BCUT2D eigenvalue weighted by atomic mass is 16.3. The van der Waals surface area contributed by atoms with Gasteiger partial charge < -0.3 is 5.11 Å². The standard InChI is InChI=1S/C10H9NO/c11-7-1-2-9-3-5-10(8-12)6-4-9/h1-6,12H,8H2. The second-order valence-electron chi connectivity index (χ2n) is 2.36. The van der Waals surface area contributed by atoms with Gasteiger partial charge in [-0.25, -0.2) is 0 Å². The third-order valence-corrected chi connectivity index (χ3v) is 1.51. The molecule has 0 fully saturated rings. The van der Waals surface area contributed by atoms with Crippen molar-refractivity contribution in [3.8, 4) is 6.07 Å². The van der Waals surface area contributed by atoms with Crippen LogP contribution in [0.25, 0.3) is 6.08 Å². The van der Waals surface area contributed by atoms with E-state index >= 15 is 0 Å². The Morgan fingerprint density at radius 2 is 2.00 bits per heavy atom. The van der Waals surface area contributed by atoms with E-state index in [9.17, 15) is 0 Å². The van der Waals surface area contributed by atoms with Gasteiger partial charge in [-0.05, 0) is 17.2 Å². The summed E-state index contributed by atoms with van der Waals surface area (Å²) in [4.78, 5) is 0. The number of nitriles is 1. The van der Waals surface area contributed by atoms with Crippen molar-refractivity contribution in [1.29, 1.82) is 5.26 Å². The summed E-state index contributed by atoms with van der Waals surface area (Å²) in [6.45, 7) is 0.0578. The van der Waals surface area contributed by atoms with E-state index in [1.54, 1.807) is 6.08 Å². The summed E-state index contributed by atoms with van der Waals surface area (Å²) >= 11 is 0. The molecule has 2 heteroatoms. The fourth-order valence-electron chi connectivity index (χ4n) is 0.868. The average molecular weight is 159 g/mol. The first-order valence-electron chi connectivity index (χ1n) is 3.63. The van der Waals surface area contributed by atoms with Crippen LogP contribution in [0.4, 0.5) is 0 Å². The zero-order valence-corrected chi connectivity index (χ0v) is 6.57. The number of hydrogen-bond donors (Lipinski definition) is 1. The van der Waals surface area contributed by atoms with Crippen LogP contribution in [0, 0.1) is 11.3 Å². The molecule has 0 aromatic heterocycles. The molecule has 1 aromatic carbocycles. The molecule has 0 amide bonds. The Labute approximate surface area is 71.4 Å². The minimum Gasteiger partial charge on any atom is -0.392 e. The van der Waals surface area contributed by atoms with E-state index in [1.807, 2.05) is 30.3 Å². The van der Waals surface area contributed by atoms with Gasteiger partial charge >= 0.3 is 0 Å². The van der Waals surface area contributed by atoms with E-state index in [2.05, 4.69) is 0 Å². The summed E-state index contributed by atoms with van der Waals surface area (Å²) in [5.74, 6) is 0. The van der Waals surface area contributed by atoms with Crippen LogP contribution in [0.1, 0.15) is 11.1 Å². The van der Waals surface area contributed by atoms with Crippen molar-refractivity contribution in [2.75, 3.05) is 0 Å². The van der Waals surface area contributed by atoms with E-state index in [0.717, 1.165) is 11.1 Å². The molecule has 0 radical (unpaired) electrons. The first-order chi connectivity index (χ1) is 5.86. The van der Waals surface area contributed by atoms with Gasteiger partial charge in [0, 0.05) is 6.08 Å². The van der Waals surface area contributed by atoms with Crippen LogP contribution in [0.5, 0.6) is 0 Å². The van der Waals surface area contributed by atoms with Crippen LogP contribution in [0.3, 0.4) is 0 Å². The third-order valence-electron chi connectivity index (χ3n) is 1.51. The van der Waals surface area contributed by atoms with Crippen LogP contribution in [0.15, 0.2) is 30.3 Å². The largest absolute Gasteiger partial charge is 0.392 e. The molecular formula is C10H9NO. The first-order valence-corrected chi connectivity index (χ1v) is 3.63. The van der Waals surface area contributed by atoms with Crippen molar-refractivity contribution >= 4 is 6.08 Å². The van der Waals surface area contributed by atoms with Gasteiger partial charge in [-0.15, -0.1) is 0 Å². The molecule has 0 unspecified atom stereocenters. The molecule has 1 aromatic rings. The summed E-state index contributed by atoms with van der Waals surface area (Å²) in [6, 6.07) is 9.30. The quantitative estimate of drug-likeness (QED) is 0.667. The highest BCUT2D eigenvalue weighted by Crippen LogP contribution is 2.05. The van der Waals surface area contributed by atoms with Crippen molar-refractivity contribution in [2.24, 2.45) is 0 Å². The Kier molecular flexibility index (Phi) is 3.06. The van der Waals surface area contributed by atoms with Gasteiger partial charge in [0.1, 0.15) is 0 Å². The van der Waals surface area contributed by atoms with Crippen molar-refractivity contribution in [3.63, 3.8) is 0 Å². The molecule has 0 saturated carbocycles. The second kappa shape index (κ2) is 4.32. The predicted molar refractivity (Wildman–Crippen MR) is 47.0 cm³/mol. The zero-order valence-electron chi connectivity index (χ0n) is 6.57. The Morgan fingerprint density at radius 3 is 2.50 bits per heavy atom. The molecule has 0 atom stereocenters. The molecular weight excluding hydrogens is 150 g/mol. The molecule has 1 N–H and O–H groups in total. The monoisotopic (exact) mass is 159 g/mol. The van der Waals surface area contributed by atoms with Crippen LogP contribution >= 0.6 is 0 Å². The molecule has 2 nitrogen and oxygen atoms in total. The molecule has 12 heavy (non-hydrogen) atoms. The highest BCUT2D eigenvalue weighted by Gasteiger charge is 1.88. The minimum atomic E-state index is 0.0578. The number of rotatable bonds is 2. The Hall–Kier alpha value is -1.59. The van der Waals surface area contributed by atoms with Crippen molar-refractivity contribution < 1.29 is 5.11 Å². The molecule has 0 aliphatic carbocycles. The first kappa shape index (κ1) is 8.51. The maximum atomic E-state index is 8.73. The van der Waals surface area contributed by atoms with Crippen LogP contribution < -0.4 is 0 Å². The lowest BCUT2D eigenvalue weighted by atomic mass is 10.1. The van der Waals surface area contributed by atoms with E-state index in [4.69, 9.17) is 10.4 Å². The summed E-state index contributed by atoms with van der Waals surface area (Å²) in [7, 11) is 0. The SMILES string of the molecule is N#CC=Cc1ccc(CO)cc1. The van der Waals surface area contributed by atoms with Gasteiger partial charge in [-0.1, -0.05) is 24.3 Å². The molecule has 0 spiro atoms. The van der Waals surface area contributed by atoms with Gasteiger partial charge in [0.2, 0.25) is 0 Å². The zero-order chi connectivity index (χ0) is 8.81. The number of aliphatic hydroxyl groups is 1. The maximum Gasteiger partial charge on any atom is 0.0912 e. The molecule has 1 rings (SSSR count). The Balaban J connectivity index is 2.79. The highest BCUT2D eigenvalue weighted by molar-refractivity contribution is 5.51. The molecule has 0 aliphatic rings.